The first-order valence-corrected chi connectivity index (χ1v) is 11.7. The lowest BCUT2D eigenvalue weighted by atomic mass is 9.83. The van der Waals surface area contributed by atoms with Crippen molar-refractivity contribution in [1.82, 2.24) is 9.55 Å². The van der Waals surface area contributed by atoms with Crippen LogP contribution in [-0.2, 0) is 6.42 Å². The molecule has 0 spiro atoms. The molecule has 6 rings (SSSR count). The highest BCUT2D eigenvalue weighted by atomic mass is 32.1. The van der Waals surface area contributed by atoms with Crippen molar-refractivity contribution >= 4 is 23.1 Å². The van der Waals surface area contributed by atoms with E-state index in [1.54, 1.807) is 19.5 Å². The molecule has 5 nitrogen and oxygen atoms in total. The summed E-state index contributed by atoms with van der Waals surface area (Å²) in [6.45, 7) is 0. The molecule has 4 aromatic rings. The molecule has 1 atom stereocenters. The third kappa shape index (κ3) is 3.34. The molecule has 1 aliphatic carbocycles. The zero-order valence-electron chi connectivity index (χ0n) is 18.1. The maximum absolute atomic E-state index is 13.7. The van der Waals surface area contributed by atoms with Gasteiger partial charge in [0, 0.05) is 18.0 Å². The summed E-state index contributed by atoms with van der Waals surface area (Å²) in [6, 6.07) is 20.1. The van der Waals surface area contributed by atoms with Crippen LogP contribution in [-0.4, -0.2) is 16.7 Å². The Morgan fingerprint density at radius 2 is 2.00 bits per heavy atom. The molecule has 0 fully saturated rings. The second-order valence-electron chi connectivity index (χ2n) is 8.18. The van der Waals surface area contributed by atoms with E-state index in [4.69, 9.17) is 9.73 Å². The average Bonchev–Trinajstić information content (AvgIpc) is 3.17. The van der Waals surface area contributed by atoms with E-state index in [-0.39, 0.29) is 11.6 Å². The predicted molar refractivity (Wildman–Crippen MR) is 130 cm³/mol. The first-order valence-electron chi connectivity index (χ1n) is 10.9. The van der Waals surface area contributed by atoms with Gasteiger partial charge in [0.05, 0.1) is 23.4 Å². The number of hydrogen-bond donors (Lipinski definition) is 0. The summed E-state index contributed by atoms with van der Waals surface area (Å²) >= 11 is 1.43. The van der Waals surface area contributed by atoms with Crippen molar-refractivity contribution in [1.29, 1.82) is 0 Å². The molecule has 0 bridgehead atoms. The lowest BCUT2D eigenvalue weighted by molar-refractivity contribution is 0.413. The van der Waals surface area contributed by atoms with Crippen molar-refractivity contribution < 1.29 is 4.74 Å². The van der Waals surface area contributed by atoms with Crippen LogP contribution in [0.5, 0.6) is 5.75 Å². The summed E-state index contributed by atoms with van der Waals surface area (Å²) in [5.74, 6) is 0.778. The van der Waals surface area contributed by atoms with Crippen molar-refractivity contribution in [2.45, 2.75) is 18.9 Å². The van der Waals surface area contributed by atoms with Crippen LogP contribution in [0.4, 0.5) is 0 Å². The van der Waals surface area contributed by atoms with Gasteiger partial charge in [-0.3, -0.25) is 14.3 Å². The van der Waals surface area contributed by atoms with E-state index in [0.717, 1.165) is 45.8 Å². The van der Waals surface area contributed by atoms with Crippen molar-refractivity contribution in [2.24, 2.45) is 4.99 Å². The molecule has 1 aliphatic heterocycles. The Morgan fingerprint density at radius 1 is 1.09 bits per heavy atom. The minimum atomic E-state index is -0.212. The summed E-state index contributed by atoms with van der Waals surface area (Å²) < 4.78 is 8.01. The molecule has 0 N–H and O–H groups in total. The minimum Gasteiger partial charge on any atom is -0.497 e. The highest BCUT2D eigenvalue weighted by molar-refractivity contribution is 7.07. The lowest BCUT2D eigenvalue weighted by Crippen LogP contribution is -2.38. The van der Waals surface area contributed by atoms with Crippen LogP contribution >= 0.6 is 11.3 Å². The SMILES string of the molecule is COc1cccc([C@H]2C3=C(N=c4s/c(=C/c5cccnc5)c(=O)n42)c2ccccc2CC3)c1. The summed E-state index contributed by atoms with van der Waals surface area (Å²) in [7, 11) is 1.67. The Bertz CT molecular complexity index is 1580. The molecule has 0 saturated carbocycles. The molecule has 6 heteroatoms. The first-order chi connectivity index (χ1) is 16.2. The average molecular weight is 452 g/mol. The molecule has 0 saturated heterocycles. The third-order valence-corrected chi connectivity index (χ3v) is 7.25. The predicted octanol–water partition coefficient (Wildman–Crippen LogP) is 3.72. The molecule has 2 aromatic carbocycles. The van der Waals surface area contributed by atoms with Crippen LogP contribution in [0.3, 0.4) is 0 Å². The molecule has 33 heavy (non-hydrogen) atoms. The zero-order chi connectivity index (χ0) is 22.4. The highest BCUT2D eigenvalue weighted by Gasteiger charge is 2.32. The van der Waals surface area contributed by atoms with Gasteiger partial charge in [-0.05, 0) is 59.4 Å². The Balaban J connectivity index is 1.64. The normalized spacial score (nSPS) is 17.1. The molecule has 2 aliphatic rings. The van der Waals surface area contributed by atoms with Crippen LogP contribution in [0.2, 0.25) is 0 Å². The lowest BCUT2D eigenvalue weighted by Gasteiger charge is -2.31. The quantitative estimate of drug-likeness (QED) is 0.477. The largest absolute Gasteiger partial charge is 0.497 e. The first kappa shape index (κ1) is 19.9. The van der Waals surface area contributed by atoms with E-state index < -0.39 is 0 Å². The Hall–Kier alpha value is -3.77. The Morgan fingerprint density at radius 3 is 2.85 bits per heavy atom. The summed E-state index contributed by atoms with van der Waals surface area (Å²) in [6.07, 6.45) is 7.19. The maximum atomic E-state index is 13.7. The van der Waals surface area contributed by atoms with Gasteiger partial charge in [-0.1, -0.05) is 53.8 Å². The fraction of sp³-hybridized carbons (Fsp3) is 0.148. The van der Waals surface area contributed by atoms with Crippen LogP contribution in [0.25, 0.3) is 11.8 Å². The molecule has 0 unspecified atom stereocenters. The number of allylic oxidation sites excluding steroid dienone is 1. The molecule has 2 aromatic heterocycles. The van der Waals surface area contributed by atoms with Gasteiger partial charge in [-0.2, -0.15) is 0 Å². The minimum absolute atomic E-state index is 0.0270. The maximum Gasteiger partial charge on any atom is 0.271 e. The summed E-state index contributed by atoms with van der Waals surface area (Å²) in [4.78, 5) is 23.6. The van der Waals surface area contributed by atoms with Crippen molar-refractivity contribution in [3.8, 4) is 5.75 Å². The molecule has 0 amide bonds. The van der Waals surface area contributed by atoms with Crippen molar-refractivity contribution in [3.63, 3.8) is 0 Å². The number of methoxy groups -OCH3 is 1. The van der Waals surface area contributed by atoms with E-state index >= 15 is 0 Å². The van der Waals surface area contributed by atoms with E-state index in [9.17, 15) is 4.79 Å². The topological polar surface area (TPSA) is 56.5 Å². The molecular formula is C27H21N3O2S. The second kappa shape index (κ2) is 7.98. The van der Waals surface area contributed by atoms with E-state index in [1.165, 1.54) is 22.5 Å². The van der Waals surface area contributed by atoms with Crippen LogP contribution < -0.4 is 19.6 Å². The van der Waals surface area contributed by atoms with Crippen LogP contribution in [0.15, 0.2) is 88.4 Å². The van der Waals surface area contributed by atoms with Crippen molar-refractivity contribution in [2.75, 3.05) is 7.11 Å². The number of fused-ring (bicyclic) bond motifs is 3. The molecule has 3 heterocycles. The standard InChI is InChI=1S/C27H21N3O2S/c1-32-20-9-4-8-19(15-20)25-22-12-11-18-7-2-3-10-21(18)24(22)29-27-30(25)26(31)23(33-27)14-17-6-5-13-28-16-17/h2-10,13-16,25H,11-12H2,1H3/b23-14+/t25-/m0/s1. The van der Waals surface area contributed by atoms with Gasteiger partial charge < -0.3 is 4.74 Å². The Labute approximate surface area is 194 Å². The number of aromatic nitrogens is 2. The zero-order valence-corrected chi connectivity index (χ0v) is 18.9. The third-order valence-electron chi connectivity index (χ3n) is 6.26. The van der Waals surface area contributed by atoms with Crippen LogP contribution in [0.1, 0.15) is 34.7 Å². The molecule has 0 radical (unpaired) electrons. The fourth-order valence-corrected chi connectivity index (χ4v) is 5.75. The molecule has 162 valence electrons. The van der Waals surface area contributed by atoms with Crippen molar-refractivity contribution in [3.05, 3.63) is 121 Å². The number of thiazole rings is 1. The van der Waals surface area contributed by atoms with E-state index in [2.05, 4.69) is 35.3 Å². The monoisotopic (exact) mass is 451 g/mol. The van der Waals surface area contributed by atoms with Gasteiger partial charge in [0.15, 0.2) is 4.80 Å². The van der Waals surface area contributed by atoms with Gasteiger partial charge in [-0.25, -0.2) is 4.99 Å². The molecular weight excluding hydrogens is 430 g/mol. The van der Waals surface area contributed by atoms with Gasteiger partial charge in [-0.15, -0.1) is 0 Å². The highest BCUT2D eigenvalue weighted by Crippen LogP contribution is 2.41. The van der Waals surface area contributed by atoms with Gasteiger partial charge in [0.25, 0.3) is 5.56 Å². The fourth-order valence-electron chi connectivity index (χ4n) is 4.75. The number of aryl methyl sites for hydroxylation is 1. The van der Waals surface area contributed by atoms with Gasteiger partial charge in [0.1, 0.15) is 5.75 Å². The van der Waals surface area contributed by atoms with Gasteiger partial charge in [0.2, 0.25) is 0 Å². The second-order valence-corrected chi connectivity index (χ2v) is 9.19. The Kier molecular flexibility index (Phi) is 4.80. The number of ether oxygens (including phenoxy) is 1. The van der Waals surface area contributed by atoms with Crippen LogP contribution in [0, 0.1) is 0 Å². The number of hydrogen-bond acceptors (Lipinski definition) is 5. The summed E-state index contributed by atoms with van der Waals surface area (Å²) in [5, 5.41) is 0. The van der Waals surface area contributed by atoms with E-state index in [1.807, 2.05) is 41.0 Å². The number of pyridine rings is 1. The van der Waals surface area contributed by atoms with Gasteiger partial charge >= 0.3 is 0 Å². The number of benzene rings is 2. The number of rotatable bonds is 3. The van der Waals surface area contributed by atoms with E-state index in [0.29, 0.717) is 4.53 Å². The summed E-state index contributed by atoms with van der Waals surface area (Å²) in [5.41, 5.74) is 6.55. The number of nitrogens with zero attached hydrogens (tertiary/aromatic N) is 3. The smallest absolute Gasteiger partial charge is 0.271 e.